The van der Waals surface area contributed by atoms with Crippen molar-refractivity contribution in [2.75, 3.05) is 32.8 Å². The predicted molar refractivity (Wildman–Crippen MR) is 66.6 cm³/mol. The number of hydrogen-bond donors (Lipinski definition) is 2. The van der Waals surface area contributed by atoms with E-state index in [4.69, 9.17) is 4.74 Å². The molecule has 16 heavy (non-hydrogen) atoms. The largest absolute Gasteiger partial charge is 0.378 e. The highest BCUT2D eigenvalue weighted by atomic mass is 16.5. The van der Waals surface area contributed by atoms with Crippen molar-refractivity contribution >= 4 is 0 Å². The van der Waals surface area contributed by atoms with Gasteiger partial charge < -0.3 is 15.4 Å². The maximum Gasteiger partial charge on any atom is 0.0588 e. The van der Waals surface area contributed by atoms with Gasteiger partial charge in [0.15, 0.2) is 0 Å². The highest BCUT2D eigenvalue weighted by Crippen LogP contribution is 2.19. The first-order valence-corrected chi connectivity index (χ1v) is 6.89. The van der Waals surface area contributed by atoms with Gasteiger partial charge >= 0.3 is 0 Å². The summed E-state index contributed by atoms with van der Waals surface area (Å²) in [6.45, 7) is 7.93. The number of nitrogens with one attached hydrogen (secondary N) is 2. The van der Waals surface area contributed by atoms with Crippen LogP contribution in [-0.2, 0) is 4.74 Å². The van der Waals surface area contributed by atoms with E-state index in [0.717, 1.165) is 25.0 Å². The Morgan fingerprint density at radius 1 is 1.25 bits per heavy atom. The van der Waals surface area contributed by atoms with Crippen molar-refractivity contribution in [1.29, 1.82) is 0 Å². The van der Waals surface area contributed by atoms with Crippen molar-refractivity contribution in [3.63, 3.8) is 0 Å². The lowest BCUT2D eigenvalue weighted by Gasteiger charge is -2.23. The second kappa shape index (κ2) is 6.58. The van der Waals surface area contributed by atoms with Gasteiger partial charge in [0.05, 0.1) is 6.10 Å². The lowest BCUT2D eigenvalue weighted by atomic mass is 9.94. The van der Waals surface area contributed by atoms with Crippen LogP contribution in [0.15, 0.2) is 0 Å². The zero-order valence-electron chi connectivity index (χ0n) is 10.5. The molecule has 0 radical (unpaired) electrons. The Hall–Kier alpha value is -0.120. The summed E-state index contributed by atoms with van der Waals surface area (Å²) in [6, 6.07) is 0. The third-order valence-electron chi connectivity index (χ3n) is 4.13. The van der Waals surface area contributed by atoms with Gasteiger partial charge in [0.1, 0.15) is 0 Å². The van der Waals surface area contributed by atoms with Crippen molar-refractivity contribution in [3.05, 3.63) is 0 Å². The molecular formula is C13H26N2O. The first-order valence-electron chi connectivity index (χ1n) is 6.89. The summed E-state index contributed by atoms with van der Waals surface area (Å²) in [5, 5.41) is 7.02. The molecule has 3 nitrogen and oxygen atoms in total. The Kier molecular flexibility index (Phi) is 5.07. The van der Waals surface area contributed by atoms with Crippen molar-refractivity contribution in [2.24, 2.45) is 11.8 Å². The normalized spacial score (nSPS) is 32.1. The summed E-state index contributed by atoms with van der Waals surface area (Å²) in [5.41, 5.74) is 0. The van der Waals surface area contributed by atoms with Crippen LogP contribution in [0, 0.1) is 11.8 Å². The van der Waals surface area contributed by atoms with E-state index < -0.39 is 0 Å². The zero-order valence-corrected chi connectivity index (χ0v) is 10.5. The molecule has 2 heterocycles. The van der Waals surface area contributed by atoms with Crippen LogP contribution in [0.4, 0.5) is 0 Å². The molecule has 2 unspecified atom stereocenters. The van der Waals surface area contributed by atoms with Crippen LogP contribution < -0.4 is 10.6 Å². The third-order valence-corrected chi connectivity index (χ3v) is 4.13. The molecule has 2 rings (SSSR count). The van der Waals surface area contributed by atoms with E-state index in [2.05, 4.69) is 17.6 Å². The third kappa shape index (κ3) is 3.72. The van der Waals surface area contributed by atoms with Gasteiger partial charge in [-0.2, -0.15) is 0 Å². The SMILES string of the molecule is CC1OCCC1CNCCC1CCNCC1. The molecule has 0 aromatic carbocycles. The van der Waals surface area contributed by atoms with Crippen LogP contribution in [0.1, 0.15) is 32.6 Å². The fourth-order valence-corrected chi connectivity index (χ4v) is 2.81. The topological polar surface area (TPSA) is 33.3 Å². The smallest absolute Gasteiger partial charge is 0.0588 e. The maximum atomic E-state index is 5.56. The second-order valence-electron chi connectivity index (χ2n) is 5.31. The Labute approximate surface area is 99.3 Å². The number of hydrogen-bond acceptors (Lipinski definition) is 3. The minimum atomic E-state index is 0.464. The van der Waals surface area contributed by atoms with Crippen LogP contribution >= 0.6 is 0 Å². The van der Waals surface area contributed by atoms with E-state index in [1.165, 1.54) is 45.3 Å². The lowest BCUT2D eigenvalue weighted by molar-refractivity contribution is 0.105. The van der Waals surface area contributed by atoms with Crippen molar-refractivity contribution in [3.8, 4) is 0 Å². The molecule has 2 fully saturated rings. The summed E-state index contributed by atoms with van der Waals surface area (Å²) in [7, 11) is 0. The van der Waals surface area contributed by atoms with Gasteiger partial charge in [0, 0.05) is 13.2 Å². The Morgan fingerprint density at radius 2 is 2.06 bits per heavy atom. The minimum absolute atomic E-state index is 0.464. The number of ether oxygens (including phenoxy) is 1. The van der Waals surface area contributed by atoms with E-state index in [-0.39, 0.29) is 0 Å². The molecule has 0 bridgehead atoms. The molecule has 0 spiro atoms. The summed E-state index contributed by atoms with van der Waals surface area (Å²) in [6.07, 6.45) is 5.78. The molecule has 0 amide bonds. The molecule has 2 atom stereocenters. The molecule has 2 N–H and O–H groups in total. The second-order valence-corrected chi connectivity index (χ2v) is 5.31. The van der Waals surface area contributed by atoms with Crippen LogP contribution in [0.2, 0.25) is 0 Å². The van der Waals surface area contributed by atoms with Crippen molar-refractivity contribution in [2.45, 2.75) is 38.7 Å². The van der Waals surface area contributed by atoms with Gasteiger partial charge in [0.2, 0.25) is 0 Å². The van der Waals surface area contributed by atoms with Gasteiger partial charge in [0.25, 0.3) is 0 Å². The summed E-state index contributed by atoms with van der Waals surface area (Å²) < 4.78 is 5.56. The number of piperidine rings is 1. The highest BCUT2D eigenvalue weighted by Gasteiger charge is 2.23. The molecule has 94 valence electrons. The lowest BCUT2D eigenvalue weighted by Crippen LogP contribution is -2.32. The Balaban J connectivity index is 1.51. The Morgan fingerprint density at radius 3 is 2.75 bits per heavy atom. The van der Waals surface area contributed by atoms with Crippen molar-refractivity contribution < 1.29 is 4.74 Å². The van der Waals surface area contributed by atoms with E-state index in [1.807, 2.05) is 0 Å². The average molecular weight is 226 g/mol. The molecule has 0 aliphatic carbocycles. The molecule has 2 saturated heterocycles. The molecular weight excluding hydrogens is 200 g/mol. The van der Waals surface area contributed by atoms with Crippen molar-refractivity contribution in [1.82, 2.24) is 10.6 Å². The standard InChI is InChI=1S/C13H26N2O/c1-11-13(5-9-16-11)10-15-8-4-12-2-6-14-7-3-12/h11-15H,2-10H2,1H3. The zero-order chi connectivity index (χ0) is 11.2. The van der Waals surface area contributed by atoms with Crippen LogP contribution in [0.25, 0.3) is 0 Å². The Bertz CT molecular complexity index is 192. The monoisotopic (exact) mass is 226 g/mol. The quantitative estimate of drug-likeness (QED) is 0.695. The fourth-order valence-electron chi connectivity index (χ4n) is 2.81. The maximum absolute atomic E-state index is 5.56. The van der Waals surface area contributed by atoms with E-state index in [9.17, 15) is 0 Å². The summed E-state index contributed by atoms with van der Waals surface area (Å²) >= 11 is 0. The average Bonchev–Trinajstić information content (AvgIpc) is 2.72. The van der Waals surface area contributed by atoms with Gasteiger partial charge in [-0.05, 0) is 64.1 Å². The first kappa shape index (κ1) is 12.3. The van der Waals surface area contributed by atoms with Crippen LogP contribution in [0.3, 0.4) is 0 Å². The summed E-state index contributed by atoms with van der Waals surface area (Å²) in [5.74, 6) is 1.69. The van der Waals surface area contributed by atoms with Gasteiger partial charge in [-0.1, -0.05) is 0 Å². The molecule has 0 saturated carbocycles. The minimum Gasteiger partial charge on any atom is -0.378 e. The molecule has 2 aliphatic rings. The highest BCUT2D eigenvalue weighted by molar-refractivity contribution is 4.75. The van der Waals surface area contributed by atoms with Gasteiger partial charge in [-0.3, -0.25) is 0 Å². The summed E-state index contributed by atoms with van der Waals surface area (Å²) in [4.78, 5) is 0. The number of rotatable bonds is 5. The van der Waals surface area contributed by atoms with Gasteiger partial charge in [-0.25, -0.2) is 0 Å². The molecule has 0 aromatic heterocycles. The molecule has 2 aliphatic heterocycles. The molecule has 0 aromatic rings. The fraction of sp³-hybridized carbons (Fsp3) is 1.00. The van der Waals surface area contributed by atoms with E-state index in [1.54, 1.807) is 0 Å². The first-order chi connectivity index (χ1) is 7.86. The van der Waals surface area contributed by atoms with Gasteiger partial charge in [-0.15, -0.1) is 0 Å². The van der Waals surface area contributed by atoms with Crippen LogP contribution in [0.5, 0.6) is 0 Å². The van der Waals surface area contributed by atoms with E-state index >= 15 is 0 Å². The van der Waals surface area contributed by atoms with E-state index in [0.29, 0.717) is 6.10 Å². The molecule has 3 heteroatoms. The predicted octanol–water partition coefficient (Wildman–Crippen LogP) is 1.39. The van der Waals surface area contributed by atoms with Crippen LogP contribution in [-0.4, -0.2) is 38.9 Å².